The predicted molar refractivity (Wildman–Crippen MR) is 118 cm³/mol. The molecule has 31 heavy (non-hydrogen) atoms. The molecular formula is C23H40O8. The molecule has 0 atom stereocenters. The monoisotopic (exact) mass is 444 g/mol. The van der Waals surface area contributed by atoms with Crippen LogP contribution in [-0.4, -0.2) is 98.6 Å². The highest BCUT2D eigenvalue weighted by molar-refractivity contribution is 5.20. The summed E-state index contributed by atoms with van der Waals surface area (Å²) in [5, 5.41) is 0. The Labute approximate surface area is 187 Å². The zero-order chi connectivity index (χ0) is 22.2. The van der Waals surface area contributed by atoms with Crippen molar-refractivity contribution >= 4 is 0 Å². The molecule has 0 fully saturated rings. The fraction of sp³-hybridized carbons (Fsp3) is 0.739. The van der Waals surface area contributed by atoms with Gasteiger partial charge < -0.3 is 37.9 Å². The van der Waals surface area contributed by atoms with Gasteiger partial charge in [0.1, 0.15) is 12.4 Å². The fourth-order valence-electron chi connectivity index (χ4n) is 2.28. The summed E-state index contributed by atoms with van der Waals surface area (Å²) in [6.07, 6.45) is 0.240. The van der Waals surface area contributed by atoms with E-state index in [1.807, 2.05) is 44.2 Å². The highest BCUT2D eigenvalue weighted by Gasteiger charge is 1.96. The van der Waals surface area contributed by atoms with Crippen LogP contribution in [0.15, 0.2) is 30.3 Å². The highest BCUT2D eigenvalue weighted by Crippen LogP contribution is 2.07. The maximum Gasteiger partial charge on any atom is 0.119 e. The third kappa shape index (κ3) is 20.4. The van der Waals surface area contributed by atoms with Crippen molar-refractivity contribution in [1.82, 2.24) is 0 Å². The molecular weight excluding hydrogens is 404 g/mol. The summed E-state index contributed by atoms with van der Waals surface area (Å²) in [4.78, 5) is 0. The van der Waals surface area contributed by atoms with E-state index in [1.165, 1.54) is 0 Å². The largest absolute Gasteiger partial charge is 0.491 e. The zero-order valence-corrected chi connectivity index (χ0v) is 19.1. The Morgan fingerprint density at radius 1 is 0.484 bits per heavy atom. The van der Waals surface area contributed by atoms with Crippen molar-refractivity contribution < 1.29 is 37.9 Å². The molecule has 0 heterocycles. The molecule has 0 spiro atoms. The van der Waals surface area contributed by atoms with E-state index in [2.05, 4.69) is 0 Å². The van der Waals surface area contributed by atoms with Crippen LogP contribution in [0.2, 0.25) is 0 Å². The molecule has 8 heteroatoms. The zero-order valence-electron chi connectivity index (χ0n) is 19.1. The summed E-state index contributed by atoms with van der Waals surface area (Å²) >= 11 is 0. The van der Waals surface area contributed by atoms with Crippen LogP contribution >= 0.6 is 0 Å². The molecule has 0 saturated heterocycles. The number of benzene rings is 1. The lowest BCUT2D eigenvalue weighted by Gasteiger charge is -2.09. The molecule has 0 aliphatic heterocycles. The quantitative estimate of drug-likeness (QED) is 0.239. The Balaban J connectivity index is 1.66. The minimum atomic E-state index is 0.240. The summed E-state index contributed by atoms with van der Waals surface area (Å²) < 4.78 is 43.5. The lowest BCUT2D eigenvalue weighted by Crippen LogP contribution is -2.15. The van der Waals surface area contributed by atoms with Gasteiger partial charge in [-0.25, -0.2) is 0 Å². The van der Waals surface area contributed by atoms with Gasteiger partial charge in [-0.2, -0.15) is 0 Å². The van der Waals surface area contributed by atoms with Gasteiger partial charge in [-0.15, -0.1) is 0 Å². The van der Waals surface area contributed by atoms with Gasteiger partial charge in [-0.05, 0) is 26.0 Å². The van der Waals surface area contributed by atoms with Crippen molar-refractivity contribution in [3.8, 4) is 5.75 Å². The Hall–Kier alpha value is -1.26. The molecule has 1 rings (SSSR count). The first kappa shape index (κ1) is 27.8. The van der Waals surface area contributed by atoms with Gasteiger partial charge in [0, 0.05) is 0 Å². The van der Waals surface area contributed by atoms with Gasteiger partial charge >= 0.3 is 0 Å². The van der Waals surface area contributed by atoms with Crippen LogP contribution in [0.5, 0.6) is 5.75 Å². The summed E-state index contributed by atoms with van der Waals surface area (Å²) in [7, 11) is 0. The lowest BCUT2D eigenvalue weighted by molar-refractivity contribution is -0.0242. The van der Waals surface area contributed by atoms with E-state index in [-0.39, 0.29) is 6.10 Å². The van der Waals surface area contributed by atoms with Gasteiger partial charge in [0.15, 0.2) is 0 Å². The van der Waals surface area contributed by atoms with Gasteiger partial charge in [0.05, 0.1) is 92.0 Å². The van der Waals surface area contributed by atoms with Crippen LogP contribution in [-0.2, 0) is 33.2 Å². The molecule has 0 radical (unpaired) electrons. The predicted octanol–water partition coefficient (Wildman–Crippen LogP) is 2.59. The second-order valence-electron chi connectivity index (χ2n) is 6.76. The van der Waals surface area contributed by atoms with Gasteiger partial charge in [-0.3, -0.25) is 0 Å². The summed E-state index contributed by atoms with van der Waals surface area (Å²) in [6, 6.07) is 9.68. The number of rotatable bonds is 23. The minimum absolute atomic E-state index is 0.240. The molecule has 1 aromatic carbocycles. The molecule has 8 nitrogen and oxygen atoms in total. The fourth-order valence-corrected chi connectivity index (χ4v) is 2.28. The molecule has 0 aliphatic rings. The van der Waals surface area contributed by atoms with Crippen molar-refractivity contribution in [3.63, 3.8) is 0 Å². The number of para-hydroxylation sites is 1. The first-order chi connectivity index (χ1) is 15.3. The van der Waals surface area contributed by atoms with Gasteiger partial charge in [-0.1, -0.05) is 18.2 Å². The SMILES string of the molecule is CC(C)OCCOCCOCCOCCOCCOCCOCCOc1ccccc1. The van der Waals surface area contributed by atoms with E-state index >= 15 is 0 Å². The average Bonchev–Trinajstić information content (AvgIpc) is 2.77. The molecule has 0 amide bonds. The van der Waals surface area contributed by atoms with Crippen molar-refractivity contribution in [2.75, 3.05) is 92.5 Å². The molecule has 0 aliphatic carbocycles. The van der Waals surface area contributed by atoms with Gasteiger partial charge in [0.25, 0.3) is 0 Å². The van der Waals surface area contributed by atoms with E-state index in [9.17, 15) is 0 Å². The normalized spacial score (nSPS) is 11.3. The summed E-state index contributed by atoms with van der Waals surface area (Å²) in [6.45, 7) is 11.7. The van der Waals surface area contributed by atoms with Crippen molar-refractivity contribution in [2.24, 2.45) is 0 Å². The molecule has 0 bridgehead atoms. The maximum absolute atomic E-state index is 5.53. The van der Waals surface area contributed by atoms with Gasteiger partial charge in [0.2, 0.25) is 0 Å². The van der Waals surface area contributed by atoms with Crippen molar-refractivity contribution in [2.45, 2.75) is 20.0 Å². The molecule has 0 saturated carbocycles. The lowest BCUT2D eigenvalue weighted by atomic mass is 10.3. The maximum atomic E-state index is 5.53. The van der Waals surface area contributed by atoms with Crippen LogP contribution in [0, 0.1) is 0 Å². The minimum Gasteiger partial charge on any atom is -0.491 e. The topological polar surface area (TPSA) is 73.8 Å². The average molecular weight is 445 g/mol. The van der Waals surface area contributed by atoms with E-state index in [0.717, 1.165) is 5.75 Å². The third-order valence-corrected chi connectivity index (χ3v) is 3.78. The highest BCUT2D eigenvalue weighted by atomic mass is 16.6. The van der Waals surface area contributed by atoms with E-state index in [0.29, 0.717) is 92.5 Å². The Kier molecular flexibility index (Phi) is 19.7. The van der Waals surface area contributed by atoms with Crippen LogP contribution in [0.1, 0.15) is 13.8 Å². The summed E-state index contributed by atoms with van der Waals surface area (Å²) in [5.74, 6) is 0.851. The first-order valence-corrected chi connectivity index (χ1v) is 11.0. The molecule has 1 aromatic rings. The third-order valence-electron chi connectivity index (χ3n) is 3.78. The molecule has 180 valence electrons. The molecule has 0 unspecified atom stereocenters. The summed E-state index contributed by atoms with van der Waals surface area (Å²) in [5.41, 5.74) is 0. The first-order valence-electron chi connectivity index (χ1n) is 11.0. The Morgan fingerprint density at radius 3 is 1.23 bits per heavy atom. The van der Waals surface area contributed by atoms with E-state index < -0.39 is 0 Å². The standard InChI is InChI=1S/C23H40O8/c1-22(2)30-20-18-28-16-14-26-12-10-24-8-9-25-11-13-27-15-17-29-19-21-31-23-6-4-3-5-7-23/h3-7,22H,8-21H2,1-2H3. The van der Waals surface area contributed by atoms with Crippen molar-refractivity contribution in [1.29, 1.82) is 0 Å². The van der Waals surface area contributed by atoms with Crippen molar-refractivity contribution in [3.05, 3.63) is 30.3 Å². The smallest absolute Gasteiger partial charge is 0.119 e. The Morgan fingerprint density at radius 2 is 0.839 bits per heavy atom. The number of hydrogen-bond donors (Lipinski definition) is 0. The number of hydrogen-bond acceptors (Lipinski definition) is 8. The second-order valence-corrected chi connectivity index (χ2v) is 6.76. The number of ether oxygens (including phenoxy) is 8. The van der Waals surface area contributed by atoms with E-state index in [4.69, 9.17) is 37.9 Å². The van der Waals surface area contributed by atoms with Crippen LogP contribution in [0.4, 0.5) is 0 Å². The van der Waals surface area contributed by atoms with Crippen LogP contribution < -0.4 is 4.74 Å². The van der Waals surface area contributed by atoms with Crippen LogP contribution in [0.25, 0.3) is 0 Å². The second kappa shape index (κ2) is 22.0. The van der Waals surface area contributed by atoms with E-state index in [1.54, 1.807) is 0 Å². The molecule has 0 N–H and O–H groups in total. The Bertz CT molecular complexity index is 472. The molecule has 0 aromatic heterocycles. The van der Waals surface area contributed by atoms with Crippen LogP contribution in [0.3, 0.4) is 0 Å².